The van der Waals surface area contributed by atoms with E-state index in [1.54, 1.807) is 0 Å². The number of rotatable bonds is 9. The zero-order valence-corrected chi connectivity index (χ0v) is 20.6. The third-order valence-electron chi connectivity index (χ3n) is 7.55. The fourth-order valence-corrected chi connectivity index (χ4v) is 5.20. The molecule has 2 aliphatic rings. The molecule has 0 bridgehead atoms. The van der Waals surface area contributed by atoms with Crippen LogP contribution < -0.4 is 5.73 Å². The maximum absolute atomic E-state index is 7.82. The molecule has 0 saturated heterocycles. The molecule has 3 aromatic rings. The highest BCUT2D eigenvalue weighted by Gasteiger charge is 2.52. The highest BCUT2D eigenvalue weighted by Crippen LogP contribution is 2.47. The van der Waals surface area contributed by atoms with Crippen LogP contribution in [0.5, 0.6) is 0 Å². The van der Waals surface area contributed by atoms with Gasteiger partial charge in [-0.25, -0.2) is 0 Å². The molecule has 0 aliphatic heterocycles. The fourth-order valence-electron chi connectivity index (χ4n) is 5.20. The zero-order chi connectivity index (χ0) is 22.7. The summed E-state index contributed by atoms with van der Waals surface area (Å²) in [6.07, 6.45) is 13.3. The van der Waals surface area contributed by atoms with Crippen LogP contribution in [0.25, 0.3) is 11.4 Å². The number of hydrogen-bond donors (Lipinski definition) is 2. The highest BCUT2D eigenvalue weighted by molar-refractivity contribution is 5.91. The summed E-state index contributed by atoms with van der Waals surface area (Å²) in [6.45, 7) is 0. The Morgan fingerprint density at radius 2 is 1.59 bits per heavy atom. The molecule has 0 spiro atoms. The van der Waals surface area contributed by atoms with Crippen LogP contribution in [0.4, 0.5) is 0 Å². The highest BCUT2D eigenvalue weighted by atomic mass is 35.5. The van der Waals surface area contributed by atoms with Gasteiger partial charge in [0.2, 0.25) is 11.7 Å². The minimum Gasteiger partial charge on any atom is -0.387 e. The van der Waals surface area contributed by atoms with Gasteiger partial charge in [0, 0.05) is 5.56 Å². The average Bonchev–Trinajstić information content (AvgIpc) is 3.52. The first-order chi connectivity index (χ1) is 16.1. The molecule has 1 aromatic heterocycles. The van der Waals surface area contributed by atoms with E-state index in [4.69, 9.17) is 15.7 Å². The summed E-state index contributed by atoms with van der Waals surface area (Å²) in [5, 5.41) is 12.0. The Kier molecular flexibility index (Phi) is 7.72. The largest absolute Gasteiger partial charge is 0.387 e. The SMILES string of the molecule is Cl.N=C(N)C1(c2nc(-c3cccc(CCc4cccc(CCC5CCCCC5)c4)c3)no2)CC1. The molecule has 0 radical (unpaired) electrons. The van der Waals surface area contributed by atoms with Crippen molar-refractivity contribution in [3.63, 3.8) is 0 Å². The van der Waals surface area contributed by atoms with Crippen LogP contribution in [0.3, 0.4) is 0 Å². The van der Waals surface area contributed by atoms with E-state index in [-0.39, 0.29) is 18.2 Å². The van der Waals surface area contributed by atoms with Gasteiger partial charge in [-0.05, 0) is 67.2 Å². The van der Waals surface area contributed by atoms with Gasteiger partial charge in [-0.3, -0.25) is 5.41 Å². The lowest BCUT2D eigenvalue weighted by Gasteiger charge is -2.21. The number of nitrogens with one attached hydrogen (secondary N) is 1. The molecular formula is C28H35ClN4O. The second-order valence-electron chi connectivity index (χ2n) is 9.98. The lowest BCUT2D eigenvalue weighted by molar-refractivity contribution is 0.339. The van der Waals surface area contributed by atoms with Crippen molar-refractivity contribution >= 4 is 18.2 Å². The van der Waals surface area contributed by atoms with Crippen LogP contribution in [0.15, 0.2) is 53.1 Å². The molecule has 180 valence electrons. The third-order valence-corrected chi connectivity index (χ3v) is 7.55. The van der Waals surface area contributed by atoms with Crippen LogP contribution in [-0.4, -0.2) is 16.0 Å². The maximum atomic E-state index is 7.82. The van der Waals surface area contributed by atoms with E-state index in [0.29, 0.717) is 11.7 Å². The van der Waals surface area contributed by atoms with Crippen LogP contribution >= 0.6 is 12.4 Å². The van der Waals surface area contributed by atoms with Gasteiger partial charge < -0.3 is 10.3 Å². The molecule has 2 aromatic carbocycles. The summed E-state index contributed by atoms with van der Waals surface area (Å²) in [5.74, 6) is 2.10. The standard InChI is InChI=1S/C28H34N4O.ClH/c29-26(30)28(16-17-28)27-31-25(32-33-27)24-11-5-10-23(19-24)15-14-22-9-4-8-21(18-22)13-12-20-6-2-1-3-7-20;/h4-5,8-11,18-20H,1-3,6-7,12-17H2,(H3,29,30);1H. The lowest BCUT2D eigenvalue weighted by Crippen LogP contribution is -2.27. The maximum Gasteiger partial charge on any atom is 0.240 e. The predicted molar refractivity (Wildman–Crippen MR) is 139 cm³/mol. The summed E-state index contributed by atoms with van der Waals surface area (Å²) in [5.41, 5.74) is 10.3. The number of benzene rings is 2. The number of nitrogens with zero attached hydrogens (tertiary/aromatic N) is 2. The number of aromatic nitrogens is 2. The van der Waals surface area contributed by atoms with Gasteiger partial charge in [-0.2, -0.15) is 4.98 Å². The van der Waals surface area contributed by atoms with E-state index in [9.17, 15) is 0 Å². The van der Waals surface area contributed by atoms with Gasteiger partial charge in [0.1, 0.15) is 11.3 Å². The Labute approximate surface area is 208 Å². The molecule has 3 N–H and O–H groups in total. The van der Waals surface area contributed by atoms with Gasteiger partial charge >= 0.3 is 0 Å². The molecule has 2 saturated carbocycles. The minimum atomic E-state index is -0.523. The Morgan fingerprint density at radius 3 is 2.26 bits per heavy atom. The van der Waals surface area contributed by atoms with E-state index in [2.05, 4.69) is 52.6 Å². The summed E-state index contributed by atoms with van der Waals surface area (Å²) in [7, 11) is 0. The number of hydrogen-bond acceptors (Lipinski definition) is 4. The Bertz CT molecular complexity index is 1110. The fraction of sp³-hybridized carbons (Fsp3) is 0.464. The molecular weight excluding hydrogens is 444 g/mol. The normalized spacial score (nSPS) is 17.2. The molecule has 1 heterocycles. The van der Waals surface area contributed by atoms with Crippen molar-refractivity contribution in [3.8, 4) is 11.4 Å². The molecule has 34 heavy (non-hydrogen) atoms. The Morgan fingerprint density at radius 1 is 0.941 bits per heavy atom. The smallest absolute Gasteiger partial charge is 0.240 e. The molecule has 2 fully saturated rings. The van der Waals surface area contributed by atoms with Crippen LogP contribution in [0.2, 0.25) is 0 Å². The number of amidine groups is 1. The summed E-state index contributed by atoms with van der Waals surface area (Å²) >= 11 is 0. The first-order valence-corrected chi connectivity index (χ1v) is 12.5. The predicted octanol–water partition coefficient (Wildman–Crippen LogP) is 6.42. The second kappa shape index (κ2) is 10.7. The van der Waals surface area contributed by atoms with Crippen LogP contribution in [-0.2, 0) is 24.7 Å². The van der Waals surface area contributed by atoms with Gasteiger partial charge in [-0.1, -0.05) is 79.7 Å². The van der Waals surface area contributed by atoms with E-state index >= 15 is 0 Å². The number of nitrogens with two attached hydrogens (primary N) is 1. The molecule has 0 unspecified atom stereocenters. The van der Waals surface area contributed by atoms with E-state index < -0.39 is 5.41 Å². The van der Waals surface area contributed by atoms with Gasteiger partial charge in [-0.15, -0.1) is 12.4 Å². The molecule has 0 atom stereocenters. The first kappa shape index (κ1) is 24.5. The van der Waals surface area contributed by atoms with Gasteiger partial charge in [0.15, 0.2) is 0 Å². The molecule has 5 nitrogen and oxygen atoms in total. The summed E-state index contributed by atoms with van der Waals surface area (Å²) < 4.78 is 5.47. The topological polar surface area (TPSA) is 88.8 Å². The average molecular weight is 479 g/mol. The Balaban J connectivity index is 0.00000274. The van der Waals surface area contributed by atoms with E-state index in [1.807, 2.05) is 6.07 Å². The quantitative estimate of drug-likeness (QED) is 0.274. The molecule has 6 heteroatoms. The first-order valence-electron chi connectivity index (χ1n) is 12.5. The van der Waals surface area contributed by atoms with Crippen LogP contribution in [0.1, 0.15) is 73.9 Å². The number of aryl methyl sites for hydroxylation is 3. The van der Waals surface area contributed by atoms with Gasteiger partial charge in [0.05, 0.1) is 0 Å². The zero-order valence-electron chi connectivity index (χ0n) is 19.8. The number of halogens is 1. The second-order valence-corrected chi connectivity index (χ2v) is 9.98. The van der Waals surface area contributed by atoms with Crippen molar-refractivity contribution < 1.29 is 4.52 Å². The van der Waals surface area contributed by atoms with Gasteiger partial charge in [0.25, 0.3) is 0 Å². The van der Waals surface area contributed by atoms with Crippen molar-refractivity contribution in [1.82, 2.24) is 10.1 Å². The van der Waals surface area contributed by atoms with Crippen molar-refractivity contribution in [3.05, 3.63) is 71.1 Å². The molecule has 0 amide bonds. The molecule has 2 aliphatic carbocycles. The Hall–Kier alpha value is -2.66. The molecule has 5 rings (SSSR count). The minimum absolute atomic E-state index is 0. The van der Waals surface area contributed by atoms with Crippen molar-refractivity contribution in [2.75, 3.05) is 0 Å². The third kappa shape index (κ3) is 5.52. The van der Waals surface area contributed by atoms with Crippen molar-refractivity contribution in [2.24, 2.45) is 11.7 Å². The monoisotopic (exact) mass is 478 g/mol. The van der Waals surface area contributed by atoms with Crippen molar-refractivity contribution in [2.45, 2.75) is 76.0 Å². The summed E-state index contributed by atoms with van der Waals surface area (Å²) in [6, 6.07) is 17.5. The summed E-state index contributed by atoms with van der Waals surface area (Å²) in [4.78, 5) is 4.57. The lowest BCUT2D eigenvalue weighted by atomic mass is 9.85. The van der Waals surface area contributed by atoms with E-state index in [0.717, 1.165) is 37.2 Å². The van der Waals surface area contributed by atoms with Crippen LogP contribution in [0, 0.1) is 11.3 Å². The van der Waals surface area contributed by atoms with E-state index in [1.165, 1.54) is 61.6 Å². The van der Waals surface area contributed by atoms with Crippen molar-refractivity contribution in [1.29, 1.82) is 5.41 Å².